The van der Waals surface area contributed by atoms with E-state index in [0.29, 0.717) is 6.42 Å². The van der Waals surface area contributed by atoms with Gasteiger partial charge >= 0.3 is 5.97 Å². The minimum atomic E-state index is -0.757. The highest BCUT2D eigenvalue weighted by atomic mass is 80.0. The van der Waals surface area contributed by atoms with Gasteiger partial charge in [-0.25, -0.2) is 0 Å². The summed E-state index contributed by atoms with van der Waals surface area (Å²) in [6.45, 7) is 3.93. The van der Waals surface area contributed by atoms with Gasteiger partial charge in [0, 0.05) is 0 Å². The largest absolute Gasteiger partial charge is 0.481 e. The van der Waals surface area contributed by atoms with Crippen LogP contribution in [0.2, 0.25) is 0 Å². The third kappa shape index (κ3) is 1.96. The van der Waals surface area contributed by atoms with Gasteiger partial charge in [-0.3, -0.25) is 4.79 Å². The molecule has 1 fully saturated rings. The van der Waals surface area contributed by atoms with Crippen LogP contribution in [0.4, 0.5) is 0 Å². The van der Waals surface area contributed by atoms with E-state index < -0.39 is 13.5 Å². The molecule has 82 valence electrons. The SMILES string of the molecule is CC1(C)CC1(C(=O)O)[C@@H](Br)C(Br)(Br)Br. The fourth-order valence-corrected chi connectivity index (χ4v) is 3.99. The first-order valence-electron chi connectivity index (χ1n) is 4.00. The Morgan fingerprint density at radius 3 is 1.86 bits per heavy atom. The monoisotopic (exact) mass is 454 g/mol. The Hall–Kier alpha value is 1.39. The molecule has 0 spiro atoms. The number of carbonyl (C=O) groups is 1. The number of rotatable bonds is 2. The molecular formula is C8H10Br4O2. The second kappa shape index (κ2) is 3.70. The molecule has 1 aliphatic carbocycles. The van der Waals surface area contributed by atoms with E-state index in [0.717, 1.165) is 0 Å². The Balaban J connectivity index is 3.00. The Morgan fingerprint density at radius 1 is 1.43 bits per heavy atom. The van der Waals surface area contributed by atoms with E-state index >= 15 is 0 Å². The van der Waals surface area contributed by atoms with Crippen molar-refractivity contribution >= 4 is 69.7 Å². The van der Waals surface area contributed by atoms with Gasteiger partial charge in [-0.1, -0.05) is 77.6 Å². The molecule has 0 aromatic heterocycles. The second-order valence-electron chi connectivity index (χ2n) is 4.24. The van der Waals surface area contributed by atoms with Crippen LogP contribution >= 0.6 is 63.7 Å². The lowest BCUT2D eigenvalue weighted by atomic mass is 9.93. The van der Waals surface area contributed by atoms with Gasteiger partial charge in [0.05, 0.1) is 10.2 Å². The Bertz CT molecular complexity index is 271. The van der Waals surface area contributed by atoms with Gasteiger partial charge < -0.3 is 5.11 Å². The molecule has 1 aliphatic rings. The highest BCUT2D eigenvalue weighted by molar-refractivity contribution is 9.40. The summed E-state index contributed by atoms with van der Waals surface area (Å²) in [4.78, 5) is 11.1. The van der Waals surface area contributed by atoms with Crippen LogP contribution in [-0.2, 0) is 4.79 Å². The van der Waals surface area contributed by atoms with Crippen molar-refractivity contribution in [2.75, 3.05) is 0 Å². The number of carboxylic acid groups (broad SMARTS) is 1. The van der Waals surface area contributed by atoms with Crippen LogP contribution in [0, 0.1) is 10.8 Å². The first-order chi connectivity index (χ1) is 6.06. The zero-order valence-electron chi connectivity index (χ0n) is 7.65. The van der Waals surface area contributed by atoms with E-state index in [1.54, 1.807) is 0 Å². The smallest absolute Gasteiger partial charge is 0.311 e. The van der Waals surface area contributed by atoms with E-state index in [2.05, 4.69) is 63.7 Å². The van der Waals surface area contributed by atoms with Crippen molar-refractivity contribution in [3.05, 3.63) is 0 Å². The molecule has 2 nitrogen and oxygen atoms in total. The van der Waals surface area contributed by atoms with Crippen LogP contribution in [-0.4, -0.2) is 18.0 Å². The Kier molecular flexibility index (Phi) is 3.56. The number of hydrogen-bond donors (Lipinski definition) is 1. The highest BCUT2D eigenvalue weighted by Crippen LogP contribution is 2.71. The molecule has 1 saturated carbocycles. The number of halogens is 4. The quantitative estimate of drug-likeness (QED) is 0.634. The summed E-state index contributed by atoms with van der Waals surface area (Å²) in [5.41, 5.74) is -0.892. The molecule has 1 unspecified atom stereocenters. The zero-order chi connectivity index (χ0) is 11.4. The van der Waals surface area contributed by atoms with E-state index in [9.17, 15) is 9.90 Å². The average molecular weight is 458 g/mol. The molecule has 2 atom stereocenters. The van der Waals surface area contributed by atoms with Gasteiger partial charge in [-0.2, -0.15) is 0 Å². The van der Waals surface area contributed by atoms with Crippen molar-refractivity contribution in [3.8, 4) is 0 Å². The molecule has 0 aromatic carbocycles. The van der Waals surface area contributed by atoms with Crippen LogP contribution in [0.5, 0.6) is 0 Å². The van der Waals surface area contributed by atoms with E-state index in [4.69, 9.17) is 0 Å². The summed E-state index contributed by atoms with van der Waals surface area (Å²) in [5.74, 6) is -0.757. The van der Waals surface area contributed by atoms with E-state index in [1.165, 1.54) is 0 Å². The first-order valence-corrected chi connectivity index (χ1v) is 7.29. The predicted octanol–water partition coefficient (Wildman–Crippen LogP) is 4.09. The van der Waals surface area contributed by atoms with E-state index in [-0.39, 0.29) is 10.2 Å². The number of carboxylic acids is 1. The van der Waals surface area contributed by atoms with Gasteiger partial charge in [-0.05, 0) is 11.8 Å². The van der Waals surface area contributed by atoms with Gasteiger partial charge in [0.2, 0.25) is 0 Å². The summed E-state index contributed by atoms with van der Waals surface area (Å²) in [7, 11) is 0. The maximum Gasteiger partial charge on any atom is 0.311 e. The number of alkyl halides is 4. The Labute approximate surface area is 117 Å². The van der Waals surface area contributed by atoms with Crippen LogP contribution in [0.1, 0.15) is 20.3 Å². The van der Waals surface area contributed by atoms with Crippen molar-refractivity contribution in [1.29, 1.82) is 0 Å². The van der Waals surface area contributed by atoms with Crippen molar-refractivity contribution < 1.29 is 9.90 Å². The fourth-order valence-electron chi connectivity index (χ4n) is 1.84. The lowest BCUT2D eigenvalue weighted by Gasteiger charge is -2.28. The molecule has 0 aliphatic heterocycles. The maximum absolute atomic E-state index is 11.3. The van der Waals surface area contributed by atoms with Crippen LogP contribution in [0.3, 0.4) is 0 Å². The molecule has 0 aromatic rings. The van der Waals surface area contributed by atoms with Crippen LogP contribution in [0.15, 0.2) is 0 Å². The lowest BCUT2D eigenvalue weighted by Crippen LogP contribution is -2.37. The van der Waals surface area contributed by atoms with Gasteiger partial charge in [0.15, 0.2) is 0 Å². The molecule has 1 N–H and O–H groups in total. The normalized spacial score (nSPS) is 32.4. The minimum absolute atomic E-state index is 0.173. The highest BCUT2D eigenvalue weighted by Gasteiger charge is 2.72. The molecule has 0 bridgehead atoms. The zero-order valence-corrected chi connectivity index (χ0v) is 14.0. The van der Waals surface area contributed by atoms with Crippen molar-refractivity contribution in [1.82, 2.24) is 0 Å². The summed E-state index contributed by atoms with van der Waals surface area (Å²) in [6.07, 6.45) is 0.676. The standard InChI is InChI=1S/C8H10Br4O2/c1-6(2)3-7(6,5(13)14)4(9)8(10,11)12/h4H,3H2,1-2H3,(H,13,14)/t4-,7?/m1/s1. The molecule has 0 radical (unpaired) electrons. The summed E-state index contributed by atoms with van der Waals surface area (Å²) < 4.78 is -0.584. The average Bonchev–Trinajstić information content (AvgIpc) is 2.51. The van der Waals surface area contributed by atoms with Crippen molar-refractivity contribution in [3.63, 3.8) is 0 Å². The second-order valence-corrected chi connectivity index (χ2v) is 12.1. The molecular weight excluding hydrogens is 448 g/mol. The van der Waals surface area contributed by atoms with Crippen molar-refractivity contribution in [2.45, 2.75) is 27.2 Å². The molecule has 6 heteroatoms. The van der Waals surface area contributed by atoms with Crippen LogP contribution in [0.25, 0.3) is 0 Å². The van der Waals surface area contributed by atoms with Crippen molar-refractivity contribution in [2.24, 2.45) is 10.8 Å². The fraction of sp³-hybridized carbons (Fsp3) is 0.875. The lowest BCUT2D eigenvalue weighted by molar-refractivity contribution is -0.144. The van der Waals surface area contributed by atoms with E-state index in [1.807, 2.05) is 13.8 Å². The molecule has 14 heavy (non-hydrogen) atoms. The van der Waals surface area contributed by atoms with Gasteiger partial charge in [-0.15, -0.1) is 0 Å². The van der Waals surface area contributed by atoms with Crippen LogP contribution < -0.4 is 0 Å². The molecule has 0 heterocycles. The van der Waals surface area contributed by atoms with Gasteiger partial charge in [0.1, 0.15) is 2.14 Å². The molecule has 0 amide bonds. The Morgan fingerprint density at radius 2 is 1.79 bits per heavy atom. The molecule has 1 rings (SSSR count). The summed E-state index contributed by atoms with van der Waals surface area (Å²) >= 11 is 13.5. The predicted molar refractivity (Wildman–Crippen MR) is 70.7 cm³/mol. The number of hydrogen-bond acceptors (Lipinski definition) is 1. The minimum Gasteiger partial charge on any atom is -0.481 e. The molecule has 0 saturated heterocycles. The number of aliphatic carboxylic acids is 1. The maximum atomic E-state index is 11.3. The third-order valence-corrected chi connectivity index (χ3v) is 7.59. The first kappa shape index (κ1) is 13.5. The summed E-state index contributed by atoms with van der Waals surface area (Å²) in [5, 5.41) is 9.28. The van der Waals surface area contributed by atoms with Gasteiger partial charge in [0.25, 0.3) is 0 Å². The third-order valence-electron chi connectivity index (χ3n) is 2.91. The topological polar surface area (TPSA) is 37.3 Å². The summed E-state index contributed by atoms with van der Waals surface area (Å²) in [6, 6.07) is 0.